The Bertz CT molecular complexity index is 2160. The van der Waals surface area contributed by atoms with Crippen LogP contribution in [0.3, 0.4) is 0 Å². The van der Waals surface area contributed by atoms with Gasteiger partial charge in [0.15, 0.2) is 0 Å². The summed E-state index contributed by atoms with van der Waals surface area (Å²) in [6.45, 7) is 5.16. The predicted molar refractivity (Wildman–Crippen MR) is 184 cm³/mol. The van der Waals surface area contributed by atoms with Gasteiger partial charge in [-0.15, -0.1) is 0 Å². The number of benzene rings is 7. The summed E-state index contributed by atoms with van der Waals surface area (Å²) in [7, 11) is 0. The molecular formula is C42H30O2. The molecule has 2 nitrogen and oxygen atoms in total. The third kappa shape index (κ3) is 5.09. The van der Waals surface area contributed by atoms with Crippen LogP contribution in [0.25, 0.3) is 43.1 Å². The predicted octanol–water partition coefficient (Wildman–Crippen LogP) is 9.90. The fourth-order valence-corrected chi connectivity index (χ4v) is 5.85. The van der Waals surface area contributed by atoms with Gasteiger partial charge in [0.05, 0.1) is 24.3 Å². The zero-order valence-corrected chi connectivity index (χ0v) is 24.8. The Kier molecular flexibility index (Phi) is 7.34. The lowest BCUT2D eigenvalue weighted by Gasteiger charge is -2.13. The fourth-order valence-electron chi connectivity index (χ4n) is 5.85. The second kappa shape index (κ2) is 11.9. The largest absolute Gasteiger partial charge is 0.493 e. The van der Waals surface area contributed by atoms with E-state index >= 15 is 0 Å². The topological polar surface area (TPSA) is 18.5 Å². The highest BCUT2D eigenvalue weighted by Gasteiger charge is 2.14. The van der Waals surface area contributed by atoms with Crippen LogP contribution in [0.1, 0.15) is 36.1 Å². The van der Waals surface area contributed by atoms with E-state index in [-0.39, 0.29) is 0 Å². The molecule has 0 aliphatic carbocycles. The van der Waals surface area contributed by atoms with Gasteiger partial charge in [-0.05, 0) is 105 Å². The Morgan fingerprint density at radius 3 is 1.27 bits per heavy atom. The van der Waals surface area contributed by atoms with E-state index in [9.17, 15) is 0 Å². The van der Waals surface area contributed by atoms with Gasteiger partial charge in [0, 0.05) is 11.1 Å². The van der Waals surface area contributed by atoms with E-state index in [4.69, 9.17) is 9.47 Å². The number of hydrogen-bond donors (Lipinski definition) is 0. The molecule has 44 heavy (non-hydrogen) atoms. The minimum absolute atomic E-state index is 0.588. The van der Waals surface area contributed by atoms with E-state index in [0.717, 1.165) is 55.3 Å². The molecule has 0 atom stereocenters. The second-order valence-corrected chi connectivity index (χ2v) is 10.6. The number of para-hydroxylation sites is 2. The van der Waals surface area contributed by atoms with Crippen molar-refractivity contribution >= 4 is 43.1 Å². The van der Waals surface area contributed by atoms with Crippen molar-refractivity contribution in [1.82, 2.24) is 0 Å². The maximum Gasteiger partial charge on any atom is 0.134 e. The molecule has 0 bridgehead atoms. The van der Waals surface area contributed by atoms with Gasteiger partial charge in [0.25, 0.3) is 0 Å². The van der Waals surface area contributed by atoms with Crippen LogP contribution in [-0.2, 0) is 0 Å². The van der Waals surface area contributed by atoms with Crippen molar-refractivity contribution in [2.45, 2.75) is 13.8 Å². The lowest BCUT2D eigenvalue weighted by molar-refractivity contribution is 0.339. The normalized spacial score (nSPS) is 10.8. The van der Waals surface area contributed by atoms with E-state index in [1.165, 1.54) is 21.5 Å². The maximum atomic E-state index is 5.89. The molecule has 0 saturated heterocycles. The smallest absolute Gasteiger partial charge is 0.134 e. The minimum Gasteiger partial charge on any atom is -0.493 e. The first-order valence-corrected chi connectivity index (χ1v) is 15.0. The maximum absolute atomic E-state index is 5.89. The van der Waals surface area contributed by atoms with Crippen LogP contribution < -0.4 is 9.47 Å². The van der Waals surface area contributed by atoms with Crippen LogP contribution in [0.2, 0.25) is 0 Å². The molecule has 2 heteroatoms. The Morgan fingerprint density at radius 1 is 0.409 bits per heavy atom. The average Bonchev–Trinajstić information content (AvgIpc) is 3.06. The van der Waals surface area contributed by atoms with E-state index < -0.39 is 0 Å². The summed E-state index contributed by atoms with van der Waals surface area (Å²) in [6, 6.07) is 42.0. The molecule has 0 radical (unpaired) electrons. The molecule has 0 aliphatic rings. The summed E-state index contributed by atoms with van der Waals surface area (Å²) >= 11 is 0. The third-order valence-corrected chi connectivity index (χ3v) is 7.86. The lowest BCUT2D eigenvalue weighted by atomic mass is 9.89. The SMILES string of the molecule is CCOc1ccccc1C#Cc1c2ccccc2c(C#Cc2ccccc2OCC)c2cc3cc4ccccc4cc3cc12. The van der Waals surface area contributed by atoms with Crippen LogP contribution in [0.5, 0.6) is 11.5 Å². The molecule has 0 spiro atoms. The van der Waals surface area contributed by atoms with Crippen molar-refractivity contribution in [3.63, 3.8) is 0 Å². The van der Waals surface area contributed by atoms with E-state index in [1.54, 1.807) is 0 Å². The van der Waals surface area contributed by atoms with Crippen LogP contribution in [-0.4, -0.2) is 13.2 Å². The zero-order valence-electron chi connectivity index (χ0n) is 24.8. The second-order valence-electron chi connectivity index (χ2n) is 10.6. The first-order valence-electron chi connectivity index (χ1n) is 15.0. The molecule has 0 aliphatic heterocycles. The molecule has 7 aromatic carbocycles. The molecule has 210 valence electrons. The van der Waals surface area contributed by atoms with Crippen molar-refractivity contribution in [2.24, 2.45) is 0 Å². The van der Waals surface area contributed by atoms with E-state index in [0.29, 0.717) is 13.2 Å². The highest BCUT2D eigenvalue weighted by Crippen LogP contribution is 2.36. The Morgan fingerprint density at radius 2 is 0.818 bits per heavy atom. The van der Waals surface area contributed by atoms with Crippen LogP contribution in [0, 0.1) is 23.7 Å². The van der Waals surface area contributed by atoms with Gasteiger partial charge in [0.2, 0.25) is 0 Å². The van der Waals surface area contributed by atoms with Crippen molar-refractivity contribution in [1.29, 1.82) is 0 Å². The molecule has 0 unspecified atom stereocenters. The Hall–Kier alpha value is -5.70. The highest BCUT2D eigenvalue weighted by molar-refractivity contribution is 6.15. The average molecular weight is 567 g/mol. The van der Waals surface area contributed by atoms with Gasteiger partial charge in [0.1, 0.15) is 11.5 Å². The third-order valence-electron chi connectivity index (χ3n) is 7.86. The summed E-state index contributed by atoms with van der Waals surface area (Å²) in [5.74, 6) is 15.6. The summed E-state index contributed by atoms with van der Waals surface area (Å²) < 4.78 is 11.8. The van der Waals surface area contributed by atoms with Crippen molar-refractivity contribution < 1.29 is 9.47 Å². The number of ether oxygens (including phenoxy) is 2. The Balaban J connectivity index is 1.55. The van der Waals surface area contributed by atoms with Gasteiger partial charge in [-0.3, -0.25) is 0 Å². The summed E-state index contributed by atoms with van der Waals surface area (Å²) in [5, 5.41) is 9.07. The first kappa shape index (κ1) is 27.2. The first-order chi connectivity index (χ1) is 21.7. The number of fused-ring (bicyclic) bond motifs is 4. The van der Waals surface area contributed by atoms with Gasteiger partial charge in [-0.2, -0.15) is 0 Å². The van der Waals surface area contributed by atoms with Crippen molar-refractivity contribution in [3.8, 4) is 35.2 Å². The number of rotatable bonds is 4. The molecule has 0 saturated carbocycles. The molecule has 0 fully saturated rings. The van der Waals surface area contributed by atoms with Crippen LogP contribution in [0.15, 0.2) is 121 Å². The van der Waals surface area contributed by atoms with E-state index in [1.807, 2.05) is 62.4 Å². The van der Waals surface area contributed by atoms with Crippen molar-refractivity contribution in [3.05, 3.63) is 144 Å². The van der Waals surface area contributed by atoms with Gasteiger partial charge < -0.3 is 9.47 Å². The van der Waals surface area contributed by atoms with Gasteiger partial charge in [-0.1, -0.05) is 96.5 Å². The molecule has 0 heterocycles. The molecule has 7 rings (SSSR count). The molecule has 0 aromatic heterocycles. The van der Waals surface area contributed by atoms with Crippen LogP contribution in [0.4, 0.5) is 0 Å². The van der Waals surface area contributed by atoms with Crippen LogP contribution >= 0.6 is 0 Å². The Labute approximate surface area is 257 Å². The zero-order chi connectivity index (χ0) is 29.9. The summed E-state index contributed by atoms with van der Waals surface area (Å²) in [4.78, 5) is 0. The summed E-state index contributed by atoms with van der Waals surface area (Å²) in [6.07, 6.45) is 0. The quantitative estimate of drug-likeness (QED) is 0.156. The van der Waals surface area contributed by atoms with Crippen molar-refractivity contribution in [2.75, 3.05) is 13.2 Å². The number of hydrogen-bond acceptors (Lipinski definition) is 2. The molecule has 0 amide bonds. The minimum atomic E-state index is 0.588. The summed E-state index contributed by atoms with van der Waals surface area (Å²) in [5.41, 5.74) is 3.71. The van der Waals surface area contributed by atoms with Gasteiger partial charge in [-0.25, -0.2) is 0 Å². The van der Waals surface area contributed by atoms with Gasteiger partial charge >= 0.3 is 0 Å². The molecular weight excluding hydrogens is 536 g/mol. The molecule has 0 N–H and O–H groups in total. The fraction of sp³-hybridized carbons (Fsp3) is 0.0952. The standard InChI is InChI=1S/C42H30O2/c1-3-43-41-19-11-7-13-29(41)21-23-37-35-17-9-10-18-36(35)38(24-22-30-14-8-12-20-42(30)44-4-2)40-28-34-26-32-16-6-5-15-31(32)25-33(34)27-39(37)40/h5-20,25-28H,3-4H2,1-2H3. The lowest BCUT2D eigenvalue weighted by Crippen LogP contribution is -1.95. The highest BCUT2D eigenvalue weighted by atomic mass is 16.5. The monoisotopic (exact) mass is 566 g/mol. The molecule has 7 aromatic rings. The van der Waals surface area contributed by atoms with E-state index in [2.05, 4.69) is 96.5 Å².